The van der Waals surface area contributed by atoms with Crippen LogP contribution in [0, 0.1) is 0 Å². The standard InChI is InChI=1S/C23H25N3O2/c1-2-25-14-8-11-18(25)15-24-16-21-19-12-6-7-13-20(19)22(27)26(23(21)28)17-9-4-3-5-10-17/h3-7,9-10,12-13,16,18,28H,2,8,11,14-15H2,1H3/t18-/m0/s1. The fourth-order valence-corrected chi connectivity index (χ4v) is 4.09. The number of aromatic nitrogens is 1. The number of fused-ring (bicyclic) bond motifs is 1. The molecule has 0 bridgehead atoms. The molecule has 1 aliphatic rings. The molecule has 0 saturated carbocycles. The van der Waals surface area contributed by atoms with Crippen molar-refractivity contribution in [2.24, 2.45) is 4.99 Å². The Bertz CT molecular complexity index is 1060. The van der Waals surface area contributed by atoms with Gasteiger partial charge in [0.05, 0.1) is 17.8 Å². The third kappa shape index (κ3) is 3.34. The van der Waals surface area contributed by atoms with Gasteiger partial charge in [0.15, 0.2) is 0 Å². The summed E-state index contributed by atoms with van der Waals surface area (Å²) < 4.78 is 1.36. The quantitative estimate of drug-likeness (QED) is 0.693. The first-order valence-electron chi connectivity index (χ1n) is 9.86. The lowest BCUT2D eigenvalue weighted by molar-refractivity contribution is 0.273. The van der Waals surface area contributed by atoms with Crippen LogP contribution in [-0.2, 0) is 0 Å². The SMILES string of the molecule is CCN1CCC[C@H]1CN=Cc1c(O)n(-c2ccccc2)c(=O)c2ccccc12. The van der Waals surface area contributed by atoms with Crippen LogP contribution in [0.15, 0.2) is 64.4 Å². The van der Waals surface area contributed by atoms with Gasteiger partial charge in [0.2, 0.25) is 5.88 Å². The number of para-hydroxylation sites is 1. The molecule has 1 atom stereocenters. The number of pyridine rings is 1. The third-order valence-electron chi connectivity index (χ3n) is 5.56. The summed E-state index contributed by atoms with van der Waals surface area (Å²) in [6.45, 7) is 5.04. The zero-order valence-electron chi connectivity index (χ0n) is 16.1. The summed E-state index contributed by atoms with van der Waals surface area (Å²) in [4.78, 5) is 20.1. The van der Waals surface area contributed by atoms with Crippen molar-refractivity contribution in [1.82, 2.24) is 9.47 Å². The van der Waals surface area contributed by atoms with Crippen LogP contribution in [0.1, 0.15) is 25.3 Å². The molecule has 0 amide bonds. The number of hydrogen-bond acceptors (Lipinski definition) is 4. The molecular weight excluding hydrogens is 350 g/mol. The normalized spacial score (nSPS) is 17.7. The molecule has 28 heavy (non-hydrogen) atoms. The molecule has 1 fully saturated rings. The summed E-state index contributed by atoms with van der Waals surface area (Å²) in [7, 11) is 0. The number of aromatic hydroxyl groups is 1. The summed E-state index contributed by atoms with van der Waals surface area (Å²) in [6, 6.07) is 17.0. The van der Waals surface area contributed by atoms with Gasteiger partial charge in [0.1, 0.15) is 0 Å². The van der Waals surface area contributed by atoms with Gasteiger partial charge in [-0.15, -0.1) is 0 Å². The van der Waals surface area contributed by atoms with Crippen LogP contribution in [0.5, 0.6) is 5.88 Å². The van der Waals surface area contributed by atoms with E-state index < -0.39 is 0 Å². The molecule has 4 rings (SSSR count). The Morgan fingerprint density at radius 3 is 2.57 bits per heavy atom. The fourth-order valence-electron chi connectivity index (χ4n) is 4.09. The first-order valence-corrected chi connectivity index (χ1v) is 9.86. The molecule has 2 heterocycles. The molecular formula is C23H25N3O2. The van der Waals surface area contributed by atoms with Crippen LogP contribution in [0.4, 0.5) is 0 Å². The highest BCUT2D eigenvalue weighted by atomic mass is 16.3. The van der Waals surface area contributed by atoms with Crippen LogP contribution in [0.25, 0.3) is 16.5 Å². The lowest BCUT2D eigenvalue weighted by atomic mass is 10.1. The minimum atomic E-state index is -0.232. The van der Waals surface area contributed by atoms with Gasteiger partial charge in [-0.25, -0.2) is 4.57 Å². The highest BCUT2D eigenvalue weighted by Crippen LogP contribution is 2.26. The molecule has 1 saturated heterocycles. The monoisotopic (exact) mass is 375 g/mol. The maximum Gasteiger partial charge on any atom is 0.265 e. The number of benzene rings is 2. The van der Waals surface area contributed by atoms with Crippen molar-refractivity contribution in [2.75, 3.05) is 19.6 Å². The minimum Gasteiger partial charge on any atom is -0.494 e. The predicted molar refractivity (Wildman–Crippen MR) is 114 cm³/mol. The van der Waals surface area contributed by atoms with E-state index in [1.54, 1.807) is 12.3 Å². The molecule has 3 aromatic rings. The van der Waals surface area contributed by atoms with Gasteiger partial charge in [0.25, 0.3) is 5.56 Å². The molecule has 1 aliphatic heterocycles. The molecule has 2 aromatic carbocycles. The van der Waals surface area contributed by atoms with Crippen molar-refractivity contribution in [3.63, 3.8) is 0 Å². The largest absolute Gasteiger partial charge is 0.494 e. The number of likely N-dealkylation sites (N-methyl/N-ethyl adjacent to an activating group) is 1. The number of aliphatic imine (C=N–C) groups is 1. The van der Waals surface area contributed by atoms with Crippen LogP contribution >= 0.6 is 0 Å². The molecule has 0 spiro atoms. The van der Waals surface area contributed by atoms with E-state index in [0.717, 1.165) is 24.9 Å². The zero-order valence-corrected chi connectivity index (χ0v) is 16.1. The Labute approximate surface area is 164 Å². The van der Waals surface area contributed by atoms with Crippen molar-refractivity contribution in [1.29, 1.82) is 0 Å². The Kier molecular flexibility index (Phi) is 5.26. The summed E-state index contributed by atoms with van der Waals surface area (Å²) in [5, 5.41) is 12.3. The molecule has 5 nitrogen and oxygen atoms in total. The van der Waals surface area contributed by atoms with Crippen LogP contribution in [-0.4, -0.2) is 46.5 Å². The van der Waals surface area contributed by atoms with Gasteiger partial charge in [-0.2, -0.15) is 0 Å². The van der Waals surface area contributed by atoms with Gasteiger partial charge in [-0.3, -0.25) is 14.7 Å². The first kappa shape index (κ1) is 18.4. The summed E-state index contributed by atoms with van der Waals surface area (Å²) in [5.41, 5.74) is 0.989. The predicted octanol–water partition coefficient (Wildman–Crippen LogP) is 3.60. The number of hydrogen-bond donors (Lipinski definition) is 1. The fraction of sp³-hybridized carbons (Fsp3) is 0.304. The highest BCUT2D eigenvalue weighted by Gasteiger charge is 2.22. The molecule has 5 heteroatoms. The molecule has 0 radical (unpaired) electrons. The lowest BCUT2D eigenvalue weighted by Crippen LogP contribution is -2.31. The second-order valence-electron chi connectivity index (χ2n) is 7.18. The Hall–Kier alpha value is -2.92. The van der Waals surface area contributed by atoms with E-state index in [1.165, 1.54) is 11.0 Å². The maximum absolute atomic E-state index is 13.0. The third-order valence-corrected chi connectivity index (χ3v) is 5.56. The van der Waals surface area contributed by atoms with Crippen molar-refractivity contribution in [2.45, 2.75) is 25.8 Å². The lowest BCUT2D eigenvalue weighted by Gasteiger charge is -2.20. The van der Waals surface area contributed by atoms with Crippen molar-refractivity contribution in [3.8, 4) is 11.6 Å². The van der Waals surface area contributed by atoms with Crippen molar-refractivity contribution < 1.29 is 5.11 Å². The smallest absolute Gasteiger partial charge is 0.265 e. The van der Waals surface area contributed by atoms with Crippen LogP contribution < -0.4 is 5.56 Å². The number of nitrogens with zero attached hydrogens (tertiary/aromatic N) is 3. The maximum atomic E-state index is 13.0. The van der Waals surface area contributed by atoms with Gasteiger partial charge < -0.3 is 5.11 Å². The minimum absolute atomic E-state index is 0.0718. The molecule has 1 aromatic heterocycles. The van der Waals surface area contributed by atoms with Crippen molar-refractivity contribution >= 4 is 17.0 Å². The van der Waals surface area contributed by atoms with Gasteiger partial charge in [-0.1, -0.05) is 43.3 Å². The second-order valence-corrected chi connectivity index (χ2v) is 7.18. The van der Waals surface area contributed by atoms with E-state index in [2.05, 4.69) is 16.8 Å². The van der Waals surface area contributed by atoms with Crippen LogP contribution in [0.3, 0.4) is 0 Å². The molecule has 1 N–H and O–H groups in total. The number of rotatable bonds is 5. The summed E-state index contributed by atoms with van der Waals surface area (Å²) in [5.74, 6) is -0.0718. The molecule has 0 unspecified atom stereocenters. The van der Waals surface area contributed by atoms with E-state index in [9.17, 15) is 9.90 Å². The Morgan fingerprint density at radius 2 is 1.82 bits per heavy atom. The average molecular weight is 375 g/mol. The number of likely N-dealkylation sites (tertiary alicyclic amines) is 1. The molecule has 0 aliphatic carbocycles. The summed E-state index contributed by atoms with van der Waals surface area (Å²) >= 11 is 0. The van der Waals surface area contributed by atoms with Gasteiger partial charge in [-0.05, 0) is 44.1 Å². The van der Waals surface area contributed by atoms with Gasteiger partial charge in [0, 0.05) is 23.0 Å². The van der Waals surface area contributed by atoms with Crippen LogP contribution in [0.2, 0.25) is 0 Å². The van der Waals surface area contributed by atoms with E-state index in [1.807, 2.05) is 48.5 Å². The molecule has 144 valence electrons. The first-order chi connectivity index (χ1) is 13.7. The highest BCUT2D eigenvalue weighted by molar-refractivity contribution is 6.01. The van der Waals surface area contributed by atoms with E-state index in [4.69, 9.17) is 0 Å². The Morgan fingerprint density at radius 1 is 1.11 bits per heavy atom. The average Bonchev–Trinajstić information content (AvgIpc) is 3.19. The van der Waals surface area contributed by atoms with E-state index in [0.29, 0.717) is 29.2 Å². The Balaban J connectivity index is 1.79. The van der Waals surface area contributed by atoms with Crippen molar-refractivity contribution in [3.05, 3.63) is 70.5 Å². The summed E-state index contributed by atoms with van der Waals surface area (Å²) in [6.07, 6.45) is 4.09. The topological polar surface area (TPSA) is 57.8 Å². The van der Waals surface area contributed by atoms with E-state index >= 15 is 0 Å². The zero-order chi connectivity index (χ0) is 19.5. The van der Waals surface area contributed by atoms with E-state index in [-0.39, 0.29) is 11.4 Å². The second kappa shape index (κ2) is 7.98. The van der Waals surface area contributed by atoms with Gasteiger partial charge >= 0.3 is 0 Å².